The predicted octanol–water partition coefficient (Wildman–Crippen LogP) is 1.89. The molecule has 2 atom stereocenters. The van der Waals surface area contributed by atoms with Crippen LogP contribution in [0.15, 0.2) is 18.2 Å². The minimum absolute atomic E-state index is 0.0467. The van der Waals surface area contributed by atoms with Gasteiger partial charge in [-0.1, -0.05) is 29.3 Å². The summed E-state index contributed by atoms with van der Waals surface area (Å²) >= 11 is 0. The van der Waals surface area contributed by atoms with Crippen LogP contribution < -0.4 is 10.6 Å². The van der Waals surface area contributed by atoms with E-state index < -0.39 is 0 Å². The Morgan fingerprint density at radius 2 is 1.94 bits per heavy atom. The molecular weight excluding hydrogens is 224 g/mol. The molecule has 1 aromatic carbocycles. The number of carbonyl (C=O) groups excluding carboxylic acids is 1. The highest BCUT2D eigenvalue weighted by Crippen LogP contribution is 2.29. The molecule has 1 saturated heterocycles. The van der Waals surface area contributed by atoms with Crippen molar-refractivity contribution < 1.29 is 4.79 Å². The van der Waals surface area contributed by atoms with Crippen LogP contribution in [0.4, 0.5) is 0 Å². The lowest BCUT2D eigenvalue weighted by Crippen LogP contribution is -2.47. The number of aryl methyl sites for hydroxylation is 2. The van der Waals surface area contributed by atoms with Gasteiger partial charge < -0.3 is 10.6 Å². The van der Waals surface area contributed by atoms with Crippen molar-refractivity contribution in [2.75, 3.05) is 13.6 Å². The summed E-state index contributed by atoms with van der Waals surface area (Å²) in [5, 5.41) is 6.01. The lowest BCUT2D eigenvalue weighted by Gasteiger charge is -2.29. The van der Waals surface area contributed by atoms with Gasteiger partial charge in [0, 0.05) is 7.05 Å². The van der Waals surface area contributed by atoms with E-state index in [4.69, 9.17) is 0 Å². The Morgan fingerprint density at radius 1 is 1.28 bits per heavy atom. The molecule has 98 valence electrons. The fourth-order valence-electron chi connectivity index (χ4n) is 2.84. The van der Waals surface area contributed by atoms with E-state index in [9.17, 15) is 4.79 Å². The first-order chi connectivity index (χ1) is 8.60. The van der Waals surface area contributed by atoms with Gasteiger partial charge in [0.15, 0.2) is 0 Å². The number of amides is 1. The van der Waals surface area contributed by atoms with Gasteiger partial charge in [-0.15, -0.1) is 0 Å². The molecule has 0 aromatic heterocycles. The third-order valence-electron chi connectivity index (χ3n) is 3.68. The van der Waals surface area contributed by atoms with E-state index in [2.05, 4.69) is 42.7 Å². The van der Waals surface area contributed by atoms with Crippen LogP contribution in [0.3, 0.4) is 0 Å². The number of hydrogen-bond acceptors (Lipinski definition) is 2. The Morgan fingerprint density at radius 3 is 2.56 bits per heavy atom. The second kappa shape index (κ2) is 5.53. The first kappa shape index (κ1) is 13.1. The first-order valence-electron chi connectivity index (χ1n) is 6.63. The third-order valence-corrected chi connectivity index (χ3v) is 3.68. The normalized spacial score (nSPS) is 23.7. The van der Waals surface area contributed by atoms with Crippen LogP contribution >= 0.6 is 0 Å². The lowest BCUT2D eigenvalue weighted by molar-refractivity contribution is -0.123. The minimum atomic E-state index is -0.0467. The SMILES string of the molecule is CNC(=O)C1CC(c2cc(C)cc(C)c2)CCN1. The molecule has 3 heteroatoms. The number of nitrogens with one attached hydrogen (secondary N) is 2. The van der Waals surface area contributed by atoms with E-state index in [-0.39, 0.29) is 11.9 Å². The molecule has 2 unspecified atom stereocenters. The van der Waals surface area contributed by atoms with E-state index in [1.165, 1.54) is 16.7 Å². The van der Waals surface area contributed by atoms with Crippen LogP contribution in [0.5, 0.6) is 0 Å². The molecule has 3 nitrogen and oxygen atoms in total. The average Bonchev–Trinajstić information content (AvgIpc) is 2.37. The zero-order valence-corrected chi connectivity index (χ0v) is 11.4. The molecule has 2 rings (SSSR count). The van der Waals surface area contributed by atoms with Crippen LogP contribution in [0, 0.1) is 13.8 Å². The highest BCUT2D eigenvalue weighted by Gasteiger charge is 2.27. The van der Waals surface area contributed by atoms with Crippen molar-refractivity contribution in [3.63, 3.8) is 0 Å². The Balaban J connectivity index is 2.15. The first-order valence-corrected chi connectivity index (χ1v) is 6.63. The summed E-state index contributed by atoms with van der Waals surface area (Å²) in [6.45, 7) is 5.18. The molecule has 0 radical (unpaired) electrons. The van der Waals surface area contributed by atoms with Crippen LogP contribution in [0.2, 0.25) is 0 Å². The van der Waals surface area contributed by atoms with E-state index >= 15 is 0 Å². The molecule has 1 fully saturated rings. The van der Waals surface area contributed by atoms with Gasteiger partial charge in [-0.05, 0) is 44.7 Å². The largest absolute Gasteiger partial charge is 0.358 e. The highest BCUT2D eigenvalue weighted by molar-refractivity contribution is 5.81. The number of hydrogen-bond donors (Lipinski definition) is 2. The van der Waals surface area contributed by atoms with Crippen LogP contribution in [0.25, 0.3) is 0 Å². The molecule has 18 heavy (non-hydrogen) atoms. The maximum Gasteiger partial charge on any atom is 0.236 e. The van der Waals surface area contributed by atoms with Crippen LogP contribution in [-0.4, -0.2) is 25.5 Å². The molecule has 1 aliphatic rings. The molecule has 1 aromatic rings. The topological polar surface area (TPSA) is 41.1 Å². The van der Waals surface area contributed by atoms with E-state index in [0.29, 0.717) is 5.92 Å². The number of carbonyl (C=O) groups is 1. The highest BCUT2D eigenvalue weighted by atomic mass is 16.2. The summed E-state index contributed by atoms with van der Waals surface area (Å²) in [6.07, 6.45) is 2.00. The summed E-state index contributed by atoms with van der Waals surface area (Å²) in [6, 6.07) is 6.66. The van der Waals surface area contributed by atoms with E-state index in [0.717, 1.165) is 19.4 Å². The Hall–Kier alpha value is -1.35. The maximum absolute atomic E-state index is 11.7. The van der Waals surface area contributed by atoms with Gasteiger partial charge in [-0.3, -0.25) is 4.79 Å². The average molecular weight is 246 g/mol. The van der Waals surface area contributed by atoms with Crippen molar-refractivity contribution in [1.82, 2.24) is 10.6 Å². The number of piperidine rings is 1. The van der Waals surface area contributed by atoms with E-state index in [1.807, 2.05) is 0 Å². The molecule has 0 bridgehead atoms. The molecule has 1 heterocycles. The second-order valence-corrected chi connectivity index (χ2v) is 5.26. The summed E-state index contributed by atoms with van der Waals surface area (Å²) in [5.74, 6) is 0.594. The fourth-order valence-corrected chi connectivity index (χ4v) is 2.84. The third kappa shape index (κ3) is 2.91. The quantitative estimate of drug-likeness (QED) is 0.836. The number of benzene rings is 1. The van der Waals surface area contributed by atoms with Gasteiger partial charge in [-0.2, -0.15) is 0 Å². The molecule has 2 N–H and O–H groups in total. The number of rotatable bonds is 2. The van der Waals surface area contributed by atoms with Gasteiger partial charge in [0.25, 0.3) is 0 Å². The van der Waals surface area contributed by atoms with Gasteiger partial charge in [0.1, 0.15) is 0 Å². The second-order valence-electron chi connectivity index (χ2n) is 5.26. The van der Waals surface area contributed by atoms with Crippen molar-refractivity contribution in [2.24, 2.45) is 0 Å². The molecule has 0 spiro atoms. The minimum Gasteiger partial charge on any atom is -0.358 e. The van der Waals surface area contributed by atoms with Crippen molar-refractivity contribution >= 4 is 5.91 Å². The molecule has 0 saturated carbocycles. The van der Waals surface area contributed by atoms with Crippen molar-refractivity contribution in [1.29, 1.82) is 0 Å². The smallest absolute Gasteiger partial charge is 0.236 e. The van der Waals surface area contributed by atoms with Crippen LogP contribution in [-0.2, 0) is 4.79 Å². The van der Waals surface area contributed by atoms with E-state index in [1.54, 1.807) is 7.05 Å². The summed E-state index contributed by atoms with van der Waals surface area (Å²) in [4.78, 5) is 11.7. The molecule has 1 amide bonds. The molecule has 0 aliphatic carbocycles. The lowest BCUT2D eigenvalue weighted by atomic mass is 9.85. The standard InChI is InChI=1S/C15H22N2O/c1-10-6-11(2)8-13(7-10)12-4-5-17-14(9-12)15(18)16-3/h6-8,12,14,17H,4-5,9H2,1-3H3,(H,16,18). The van der Waals surface area contributed by atoms with Gasteiger partial charge in [0.05, 0.1) is 6.04 Å². The summed E-state index contributed by atoms with van der Waals surface area (Å²) < 4.78 is 0. The molecular formula is C15H22N2O. The number of likely N-dealkylation sites (N-methyl/N-ethyl adjacent to an activating group) is 1. The van der Waals surface area contributed by atoms with Crippen LogP contribution in [0.1, 0.15) is 35.4 Å². The zero-order chi connectivity index (χ0) is 13.1. The maximum atomic E-state index is 11.7. The van der Waals surface area contributed by atoms with Crippen molar-refractivity contribution in [2.45, 2.75) is 38.6 Å². The summed E-state index contributed by atoms with van der Waals surface area (Å²) in [5.41, 5.74) is 3.99. The molecule has 1 aliphatic heterocycles. The van der Waals surface area contributed by atoms with Gasteiger partial charge >= 0.3 is 0 Å². The monoisotopic (exact) mass is 246 g/mol. The Kier molecular flexibility index (Phi) is 4.02. The Bertz CT molecular complexity index is 422. The van der Waals surface area contributed by atoms with Gasteiger partial charge in [0.2, 0.25) is 5.91 Å². The van der Waals surface area contributed by atoms with Gasteiger partial charge in [-0.25, -0.2) is 0 Å². The fraction of sp³-hybridized carbons (Fsp3) is 0.533. The Labute approximate surface area is 109 Å². The summed E-state index contributed by atoms with van der Waals surface area (Å²) in [7, 11) is 1.70. The van der Waals surface area contributed by atoms with Crippen molar-refractivity contribution in [3.8, 4) is 0 Å². The van der Waals surface area contributed by atoms with Crippen molar-refractivity contribution in [3.05, 3.63) is 34.9 Å². The zero-order valence-electron chi connectivity index (χ0n) is 11.4. The predicted molar refractivity (Wildman–Crippen MR) is 73.7 cm³/mol.